The molecule has 2 rings (SSSR count). The van der Waals surface area contributed by atoms with E-state index in [-0.39, 0.29) is 17.7 Å². The second-order valence-corrected chi connectivity index (χ2v) is 6.20. The van der Waals surface area contributed by atoms with E-state index in [0.717, 1.165) is 24.3 Å². The summed E-state index contributed by atoms with van der Waals surface area (Å²) in [7, 11) is 0. The molecule has 1 saturated heterocycles. The first kappa shape index (κ1) is 19.1. The number of carbonyl (C=O) groups excluding carboxylic acids is 2. The first-order valence-corrected chi connectivity index (χ1v) is 8.85. The van der Waals surface area contributed by atoms with E-state index in [9.17, 15) is 9.59 Å². The first-order valence-electron chi connectivity index (χ1n) is 8.85. The van der Waals surface area contributed by atoms with Gasteiger partial charge in [0.25, 0.3) is 5.91 Å². The fourth-order valence-corrected chi connectivity index (χ4v) is 3.12. The third kappa shape index (κ3) is 5.63. The third-order valence-electron chi connectivity index (χ3n) is 4.26. The van der Waals surface area contributed by atoms with Crippen LogP contribution < -0.4 is 25.4 Å². The van der Waals surface area contributed by atoms with Crippen LogP contribution in [0.5, 0.6) is 11.5 Å². The van der Waals surface area contributed by atoms with Gasteiger partial charge in [-0.3, -0.25) is 9.59 Å². The molecule has 2 atom stereocenters. The van der Waals surface area contributed by atoms with Crippen LogP contribution in [0.3, 0.4) is 0 Å². The van der Waals surface area contributed by atoms with Crippen LogP contribution in [-0.4, -0.2) is 44.7 Å². The van der Waals surface area contributed by atoms with Crippen molar-refractivity contribution in [2.45, 2.75) is 26.7 Å². The zero-order valence-electron chi connectivity index (χ0n) is 15.0. The zero-order valence-corrected chi connectivity index (χ0v) is 15.0. The van der Waals surface area contributed by atoms with Crippen molar-refractivity contribution in [3.63, 3.8) is 0 Å². The fraction of sp³-hybridized carbons (Fsp3) is 0.556. The first-order chi connectivity index (χ1) is 12.0. The normalized spacial score (nSPS) is 19.9. The van der Waals surface area contributed by atoms with Crippen molar-refractivity contribution in [3.8, 4) is 11.5 Å². The van der Waals surface area contributed by atoms with E-state index >= 15 is 0 Å². The van der Waals surface area contributed by atoms with E-state index in [1.54, 1.807) is 18.2 Å². The van der Waals surface area contributed by atoms with Crippen LogP contribution in [0.25, 0.3) is 0 Å². The highest BCUT2D eigenvalue weighted by Gasteiger charge is 2.28. The molecule has 0 aromatic heterocycles. The summed E-state index contributed by atoms with van der Waals surface area (Å²) in [6.07, 6.45) is 1.73. The Labute approximate surface area is 148 Å². The molecule has 4 N–H and O–H groups in total. The van der Waals surface area contributed by atoms with Crippen LogP contribution in [0.2, 0.25) is 0 Å². The van der Waals surface area contributed by atoms with Crippen molar-refractivity contribution >= 4 is 17.5 Å². The molecule has 0 spiro atoms. The second-order valence-electron chi connectivity index (χ2n) is 6.20. The predicted molar refractivity (Wildman–Crippen MR) is 94.9 cm³/mol. The number of benzene rings is 1. The van der Waals surface area contributed by atoms with Gasteiger partial charge in [-0.1, -0.05) is 0 Å². The highest BCUT2D eigenvalue weighted by atomic mass is 16.5. The number of piperidine rings is 1. The summed E-state index contributed by atoms with van der Waals surface area (Å²) in [4.78, 5) is 24.7. The number of likely N-dealkylation sites (tertiary alicyclic amines) is 1. The van der Waals surface area contributed by atoms with Gasteiger partial charge in [0, 0.05) is 11.8 Å². The molecule has 1 aromatic rings. The van der Waals surface area contributed by atoms with E-state index in [4.69, 9.17) is 15.2 Å². The lowest BCUT2D eigenvalue weighted by atomic mass is 9.97. The summed E-state index contributed by atoms with van der Waals surface area (Å²) in [5, 5.41) is 2.89. The smallest absolute Gasteiger partial charge is 0.279 e. The number of carbonyl (C=O) groups is 2. The summed E-state index contributed by atoms with van der Waals surface area (Å²) in [5.74, 6) is 0.776. The maximum Gasteiger partial charge on any atom is 0.279 e. The molecule has 7 nitrogen and oxygen atoms in total. The minimum absolute atomic E-state index is 0.0910. The van der Waals surface area contributed by atoms with E-state index < -0.39 is 0 Å². The van der Waals surface area contributed by atoms with Crippen molar-refractivity contribution in [1.82, 2.24) is 0 Å². The van der Waals surface area contributed by atoms with E-state index in [0.29, 0.717) is 43.5 Å². The Kier molecular flexibility index (Phi) is 7.06. The van der Waals surface area contributed by atoms with Crippen molar-refractivity contribution in [2.24, 2.45) is 11.7 Å². The van der Waals surface area contributed by atoms with Crippen LogP contribution in [0.4, 0.5) is 5.69 Å². The quantitative estimate of drug-likeness (QED) is 0.624. The van der Waals surface area contributed by atoms with E-state index in [1.165, 1.54) is 0 Å². The highest BCUT2D eigenvalue weighted by Crippen LogP contribution is 2.30. The van der Waals surface area contributed by atoms with Gasteiger partial charge < -0.3 is 25.4 Å². The number of amides is 2. The summed E-state index contributed by atoms with van der Waals surface area (Å²) in [6.45, 7) is 6.69. The van der Waals surface area contributed by atoms with E-state index in [1.807, 2.05) is 13.8 Å². The lowest BCUT2D eigenvalue weighted by molar-refractivity contribution is -0.899. The zero-order chi connectivity index (χ0) is 18.2. The maximum absolute atomic E-state index is 12.3. The number of ether oxygens (including phenoxy) is 2. The summed E-state index contributed by atoms with van der Waals surface area (Å²) < 4.78 is 11.1. The minimum Gasteiger partial charge on any atom is -0.490 e. The van der Waals surface area contributed by atoms with Crippen molar-refractivity contribution in [2.75, 3.05) is 38.2 Å². The standard InChI is InChI=1S/C18H27N3O4/c1-3-24-15-8-7-14(10-16(15)25-4-2)20-17(22)12-21-9-5-6-13(11-21)18(19)23/h7-8,10,13H,3-6,9,11-12H2,1-2H3,(H2,19,23)(H,20,22)/p+1/t13-/m0/s1. The molecule has 1 heterocycles. The second kappa shape index (κ2) is 9.27. The molecule has 1 fully saturated rings. The van der Waals surface area contributed by atoms with Crippen molar-refractivity contribution in [3.05, 3.63) is 18.2 Å². The Morgan fingerprint density at radius 3 is 2.64 bits per heavy atom. The van der Waals surface area contributed by atoms with Gasteiger partial charge in [-0.25, -0.2) is 0 Å². The van der Waals surface area contributed by atoms with Gasteiger partial charge >= 0.3 is 0 Å². The van der Waals surface area contributed by atoms with Gasteiger partial charge in [0.2, 0.25) is 5.91 Å². The van der Waals surface area contributed by atoms with Crippen molar-refractivity contribution < 1.29 is 24.0 Å². The van der Waals surface area contributed by atoms with Crippen LogP contribution in [0.1, 0.15) is 26.7 Å². The van der Waals surface area contributed by atoms with Gasteiger partial charge in [0.1, 0.15) is 0 Å². The summed E-state index contributed by atoms with van der Waals surface area (Å²) in [5.41, 5.74) is 6.06. The number of hydrogen-bond donors (Lipinski definition) is 3. The molecule has 1 aromatic carbocycles. The number of rotatable bonds is 8. The number of nitrogens with one attached hydrogen (secondary N) is 2. The van der Waals surface area contributed by atoms with Gasteiger partial charge in [-0.15, -0.1) is 0 Å². The molecular formula is C18H28N3O4+. The Morgan fingerprint density at radius 2 is 1.96 bits per heavy atom. The Morgan fingerprint density at radius 1 is 1.24 bits per heavy atom. The average molecular weight is 350 g/mol. The number of primary amides is 1. The summed E-state index contributed by atoms with van der Waals surface area (Å²) >= 11 is 0. The summed E-state index contributed by atoms with van der Waals surface area (Å²) in [6, 6.07) is 5.36. The fourth-order valence-electron chi connectivity index (χ4n) is 3.12. The minimum atomic E-state index is -0.273. The van der Waals surface area contributed by atoms with E-state index in [2.05, 4.69) is 5.32 Å². The third-order valence-corrected chi connectivity index (χ3v) is 4.26. The van der Waals surface area contributed by atoms with Gasteiger partial charge in [0.05, 0.1) is 32.2 Å². The molecule has 1 aliphatic heterocycles. The Balaban J connectivity index is 1.95. The van der Waals surface area contributed by atoms with Crippen LogP contribution >= 0.6 is 0 Å². The van der Waals surface area contributed by atoms with Crippen LogP contribution in [0, 0.1) is 5.92 Å². The van der Waals surface area contributed by atoms with Gasteiger partial charge in [-0.2, -0.15) is 0 Å². The Bertz CT molecular complexity index is 606. The molecule has 1 aliphatic rings. The predicted octanol–water partition coefficient (Wildman–Crippen LogP) is 0.203. The van der Waals surface area contributed by atoms with Crippen molar-refractivity contribution in [1.29, 1.82) is 0 Å². The van der Waals surface area contributed by atoms with Gasteiger partial charge in [0.15, 0.2) is 18.0 Å². The molecule has 7 heteroatoms. The molecule has 0 radical (unpaired) electrons. The van der Waals surface area contributed by atoms with Gasteiger partial charge in [-0.05, 0) is 38.8 Å². The molecule has 2 amide bonds. The topological polar surface area (TPSA) is 95.1 Å². The molecule has 25 heavy (non-hydrogen) atoms. The number of hydrogen-bond acceptors (Lipinski definition) is 4. The highest BCUT2D eigenvalue weighted by molar-refractivity contribution is 5.91. The SMILES string of the molecule is CCOc1ccc(NC(=O)C[NH+]2CCC[C@H](C(N)=O)C2)cc1OCC. The number of anilines is 1. The molecule has 1 unspecified atom stereocenters. The van der Waals surface area contributed by atoms with Crippen LogP contribution in [0.15, 0.2) is 18.2 Å². The molecule has 0 bridgehead atoms. The largest absolute Gasteiger partial charge is 0.490 e. The molecule has 138 valence electrons. The lowest BCUT2D eigenvalue weighted by Crippen LogP contribution is -3.14. The molecule has 0 aliphatic carbocycles. The molecular weight excluding hydrogens is 322 g/mol. The number of nitrogens with two attached hydrogens (primary N) is 1. The lowest BCUT2D eigenvalue weighted by Gasteiger charge is -2.27. The average Bonchev–Trinajstić information content (AvgIpc) is 2.57. The van der Waals surface area contributed by atoms with Crippen LogP contribution in [-0.2, 0) is 9.59 Å². The number of quaternary nitrogens is 1. The maximum atomic E-state index is 12.3. The Hall–Kier alpha value is -2.28. The monoisotopic (exact) mass is 350 g/mol. The molecule has 0 saturated carbocycles.